The average Bonchev–Trinajstić information content (AvgIpc) is 3.60. The summed E-state index contributed by atoms with van der Waals surface area (Å²) in [6, 6.07) is 55.0. The molecule has 0 bridgehead atoms. The first kappa shape index (κ1) is 27.6. The van der Waals surface area contributed by atoms with E-state index in [-0.39, 0.29) is 14.5 Å². The van der Waals surface area contributed by atoms with Crippen molar-refractivity contribution in [1.82, 2.24) is 19.9 Å². The van der Waals surface area contributed by atoms with E-state index in [4.69, 9.17) is 19.9 Å². The van der Waals surface area contributed by atoms with Crippen LogP contribution in [0.3, 0.4) is 0 Å². The molecular weight excluding hydrogens is 639 g/mol. The third kappa shape index (κ3) is 5.22. The molecule has 0 saturated carbocycles. The first-order chi connectivity index (χ1) is 23.2. The van der Waals surface area contributed by atoms with E-state index < -0.39 is 0 Å². The normalized spacial score (nSPS) is 11.4. The van der Waals surface area contributed by atoms with Gasteiger partial charge in [0.2, 0.25) is 0 Å². The number of nitrogens with zero attached hydrogens (tertiary/aromatic N) is 4. The van der Waals surface area contributed by atoms with Crippen LogP contribution in [0.2, 0.25) is 0 Å². The van der Waals surface area contributed by atoms with Gasteiger partial charge in [0.15, 0.2) is 0 Å². The molecule has 0 saturated heterocycles. The van der Waals surface area contributed by atoms with Crippen LogP contribution < -0.4 is 0 Å². The minimum atomic E-state index is 0.0970. The first-order valence-corrected chi connectivity index (χ1v) is 17.3. The predicted octanol–water partition coefficient (Wildman–Crippen LogP) is 10.1. The zero-order chi connectivity index (χ0) is 31.2. The molecule has 47 heavy (non-hydrogen) atoms. The zero-order valence-corrected chi connectivity index (χ0v) is 26.9. The van der Waals surface area contributed by atoms with Gasteiger partial charge < -0.3 is 0 Å². The Bertz CT molecular complexity index is 2560. The van der Waals surface area contributed by atoms with Gasteiger partial charge in [0.1, 0.15) is 0 Å². The van der Waals surface area contributed by atoms with E-state index >= 15 is 0 Å². The van der Waals surface area contributed by atoms with Crippen LogP contribution in [-0.2, 0) is 0 Å². The number of aromatic nitrogens is 4. The number of fused-ring (bicyclic) bond motifs is 4. The molecule has 0 amide bonds. The van der Waals surface area contributed by atoms with E-state index in [1.807, 2.05) is 42.5 Å². The molecule has 7 aromatic carbocycles. The predicted molar refractivity (Wildman–Crippen MR) is 194 cm³/mol. The van der Waals surface area contributed by atoms with Crippen LogP contribution in [0, 0.1) is 0 Å². The topological polar surface area (TPSA) is 51.6 Å². The summed E-state index contributed by atoms with van der Waals surface area (Å²) in [6.45, 7) is 0. The second-order valence-electron chi connectivity index (χ2n) is 11.5. The Balaban J connectivity index is 1.18. The Morgan fingerprint density at radius 1 is 0.340 bits per heavy atom. The quantitative estimate of drug-likeness (QED) is 0.172. The monoisotopic (exact) mass is 666 g/mol. The number of hydrogen-bond acceptors (Lipinski definition) is 4. The average molecular weight is 666 g/mol. The van der Waals surface area contributed by atoms with Crippen molar-refractivity contribution in [1.29, 1.82) is 0 Å². The summed E-state index contributed by atoms with van der Waals surface area (Å²) < 4.78 is 2.46. The molecule has 2 aromatic heterocycles. The van der Waals surface area contributed by atoms with Gasteiger partial charge in [-0.25, -0.2) is 0 Å². The molecule has 4 nitrogen and oxygen atoms in total. The zero-order valence-electron chi connectivity index (χ0n) is 25.2. The van der Waals surface area contributed by atoms with E-state index in [2.05, 4.69) is 115 Å². The van der Waals surface area contributed by atoms with Crippen molar-refractivity contribution in [3.8, 4) is 55.4 Å². The van der Waals surface area contributed by atoms with Gasteiger partial charge in [0, 0.05) is 0 Å². The van der Waals surface area contributed by atoms with Crippen LogP contribution >= 0.6 is 0 Å². The van der Waals surface area contributed by atoms with Gasteiger partial charge in [-0.15, -0.1) is 0 Å². The van der Waals surface area contributed by atoms with Crippen LogP contribution in [0.15, 0.2) is 158 Å². The number of rotatable bonds is 5. The maximum absolute atomic E-state index is 5.09. The SMILES string of the molecule is c1ccc(-c2ccc3cc(-c4nc(-c5ccccc5)nc(-c5ccc6ccc7nc(-c8ccccc8)[se]c7c6c5)n4)ccc3c2)cc1. The summed E-state index contributed by atoms with van der Waals surface area (Å²) in [5, 5.41) is 4.72. The Labute approximate surface area is 277 Å². The molecule has 0 aliphatic heterocycles. The molecule has 2 heterocycles. The van der Waals surface area contributed by atoms with Crippen molar-refractivity contribution < 1.29 is 0 Å². The summed E-state index contributed by atoms with van der Waals surface area (Å²) in [5.74, 6) is 1.96. The fraction of sp³-hybridized carbons (Fsp3) is 0. The van der Waals surface area contributed by atoms with Gasteiger partial charge in [0.25, 0.3) is 0 Å². The van der Waals surface area contributed by atoms with Gasteiger partial charge in [-0.2, -0.15) is 0 Å². The fourth-order valence-electron chi connectivity index (χ4n) is 6.09. The van der Waals surface area contributed by atoms with E-state index in [0.717, 1.165) is 32.2 Å². The standard InChI is InChI=1S/C42H26N4Se/c1-4-10-27(11-5-1)31-17-18-33-25-34(21-19-32(33)24-31)40-44-39(29-12-6-2-7-13-29)45-41(46-40)35-20-16-28-22-23-37-38(36(28)26-35)47-42(43-37)30-14-8-3-9-15-30/h1-26H. The van der Waals surface area contributed by atoms with Crippen LogP contribution in [0.4, 0.5) is 0 Å². The summed E-state index contributed by atoms with van der Waals surface area (Å²) in [7, 11) is 0. The molecule has 220 valence electrons. The minimum Gasteiger partial charge on any atom is -0.0617 e. The van der Waals surface area contributed by atoms with Crippen molar-refractivity contribution >= 4 is 45.8 Å². The fourth-order valence-corrected chi connectivity index (χ4v) is 8.39. The Kier molecular flexibility index (Phi) is 6.78. The van der Waals surface area contributed by atoms with E-state index in [9.17, 15) is 0 Å². The molecular formula is C42H26N4Se. The van der Waals surface area contributed by atoms with Crippen LogP contribution in [0.5, 0.6) is 0 Å². The Hall–Kier alpha value is -5.74. The summed E-state index contributed by atoms with van der Waals surface area (Å²) in [5.41, 5.74) is 7.52. The summed E-state index contributed by atoms with van der Waals surface area (Å²) >= 11 is 0.0970. The third-order valence-electron chi connectivity index (χ3n) is 8.52. The molecule has 0 radical (unpaired) electrons. The van der Waals surface area contributed by atoms with Crippen molar-refractivity contribution in [2.75, 3.05) is 0 Å². The minimum absolute atomic E-state index is 0.0970. The smallest absolute Gasteiger partial charge is 0.0617 e. The number of benzene rings is 7. The molecule has 0 aliphatic carbocycles. The summed E-state index contributed by atoms with van der Waals surface area (Å²) in [4.78, 5) is 20.1. The second kappa shape index (κ2) is 11.6. The van der Waals surface area contributed by atoms with Gasteiger partial charge >= 0.3 is 237 Å². The molecule has 0 spiro atoms. The first-order valence-electron chi connectivity index (χ1n) is 15.6. The van der Waals surface area contributed by atoms with Crippen molar-refractivity contribution in [3.63, 3.8) is 0 Å². The van der Waals surface area contributed by atoms with E-state index in [1.54, 1.807) is 0 Å². The summed E-state index contributed by atoms with van der Waals surface area (Å²) in [6.07, 6.45) is 0. The van der Waals surface area contributed by atoms with Gasteiger partial charge in [0.05, 0.1) is 0 Å². The Morgan fingerprint density at radius 3 is 1.49 bits per heavy atom. The number of hydrogen-bond donors (Lipinski definition) is 0. The molecule has 0 fully saturated rings. The molecule has 0 atom stereocenters. The van der Waals surface area contributed by atoms with Gasteiger partial charge in [-0.05, 0) is 11.1 Å². The van der Waals surface area contributed by atoms with E-state index in [1.165, 1.54) is 37.1 Å². The van der Waals surface area contributed by atoms with Gasteiger partial charge in [-0.1, -0.05) is 30.3 Å². The second-order valence-corrected chi connectivity index (χ2v) is 13.6. The molecule has 5 heteroatoms. The Morgan fingerprint density at radius 2 is 0.830 bits per heavy atom. The van der Waals surface area contributed by atoms with Crippen LogP contribution in [0.1, 0.15) is 0 Å². The van der Waals surface area contributed by atoms with Crippen LogP contribution in [0.25, 0.3) is 86.7 Å². The van der Waals surface area contributed by atoms with Crippen molar-refractivity contribution in [2.24, 2.45) is 0 Å². The third-order valence-corrected chi connectivity index (χ3v) is 10.9. The van der Waals surface area contributed by atoms with Crippen molar-refractivity contribution in [3.05, 3.63) is 158 Å². The van der Waals surface area contributed by atoms with Crippen molar-refractivity contribution in [2.45, 2.75) is 0 Å². The molecule has 9 aromatic rings. The van der Waals surface area contributed by atoms with Crippen LogP contribution in [-0.4, -0.2) is 34.4 Å². The molecule has 0 N–H and O–H groups in total. The molecule has 0 unspecified atom stereocenters. The maximum atomic E-state index is 5.09. The van der Waals surface area contributed by atoms with Gasteiger partial charge in [-0.3, -0.25) is 0 Å². The molecule has 9 rings (SSSR count). The van der Waals surface area contributed by atoms with E-state index in [0.29, 0.717) is 17.5 Å². The molecule has 0 aliphatic rings.